The van der Waals surface area contributed by atoms with E-state index >= 15 is 0 Å². The Bertz CT molecular complexity index is 798. The van der Waals surface area contributed by atoms with Crippen molar-refractivity contribution in [2.24, 2.45) is 0 Å². The quantitative estimate of drug-likeness (QED) is 0.663. The number of nitrogens with zero attached hydrogens (tertiary/aromatic N) is 1. The lowest BCUT2D eigenvalue weighted by atomic mass is 10.1. The van der Waals surface area contributed by atoms with Gasteiger partial charge in [0, 0.05) is 12.6 Å². The van der Waals surface area contributed by atoms with Gasteiger partial charge in [-0.2, -0.15) is 0 Å². The average molecular weight is 400 g/mol. The molecule has 0 unspecified atom stereocenters. The van der Waals surface area contributed by atoms with E-state index in [0.29, 0.717) is 13.0 Å². The first kappa shape index (κ1) is 22.4. The van der Waals surface area contributed by atoms with Gasteiger partial charge in [0.1, 0.15) is 6.04 Å². The zero-order valence-corrected chi connectivity index (χ0v) is 17.2. The monoisotopic (exact) mass is 400 g/mol. The second kappa shape index (κ2) is 11.2. The van der Waals surface area contributed by atoms with E-state index in [1.165, 1.54) is 17.0 Å². The Morgan fingerprint density at radius 2 is 1.72 bits per heavy atom. The van der Waals surface area contributed by atoms with Gasteiger partial charge in [-0.15, -0.1) is 0 Å². The summed E-state index contributed by atoms with van der Waals surface area (Å²) < 4.78 is 19.1. The Morgan fingerprint density at radius 3 is 2.38 bits per heavy atom. The first-order valence-corrected chi connectivity index (χ1v) is 9.93. The molecule has 0 heterocycles. The highest BCUT2D eigenvalue weighted by Gasteiger charge is 2.26. The molecule has 0 spiro atoms. The molecule has 0 aliphatic heterocycles. The van der Waals surface area contributed by atoms with E-state index in [4.69, 9.17) is 4.74 Å². The summed E-state index contributed by atoms with van der Waals surface area (Å²) in [6.45, 7) is 5.62. The van der Waals surface area contributed by atoms with Crippen molar-refractivity contribution in [3.63, 3.8) is 0 Å². The van der Waals surface area contributed by atoms with Crippen LogP contribution in [-0.4, -0.2) is 41.9 Å². The van der Waals surface area contributed by atoms with Crippen LogP contribution in [0.4, 0.5) is 4.39 Å². The van der Waals surface area contributed by atoms with Gasteiger partial charge in [-0.1, -0.05) is 49.4 Å². The minimum Gasteiger partial charge on any atom is -0.481 e. The third-order valence-electron chi connectivity index (χ3n) is 4.84. The molecule has 6 heteroatoms. The Labute approximate surface area is 171 Å². The van der Waals surface area contributed by atoms with Gasteiger partial charge in [0.05, 0.1) is 0 Å². The van der Waals surface area contributed by atoms with E-state index in [9.17, 15) is 14.0 Å². The van der Waals surface area contributed by atoms with E-state index in [2.05, 4.69) is 5.32 Å². The lowest BCUT2D eigenvalue weighted by molar-refractivity contribution is -0.141. The van der Waals surface area contributed by atoms with E-state index < -0.39 is 11.9 Å². The lowest BCUT2D eigenvalue weighted by Gasteiger charge is -2.29. The first-order chi connectivity index (χ1) is 13.9. The van der Waals surface area contributed by atoms with Crippen molar-refractivity contribution in [2.75, 3.05) is 13.2 Å². The molecule has 0 bridgehead atoms. The molecule has 1 N–H and O–H groups in total. The molecule has 5 nitrogen and oxygen atoms in total. The molecule has 0 saturated heterocycles. The molecule has 156 valence electrons. The second-order valence-electron chi connectivity index (χ2n) is 7.04. The molecular weight excluding hydrogens is 371 g/mol. The van der Waals surface area contributed by atoms with Gasteiger partial charge in [0.15, 0.2) is 18.2 Å². The van der Waals surface area contributed by atoms with Crippen LogP contribution in [0.15, 0.2) is 54.6 Å². The number of rotatable bonds is 10. The van der Waals surface area contributed by atoms with Crippen LogP contribution in [0.25, 0.3) is 0 Å². The van der Waals surface area contributed by atoms with E-state index in [-0.39, 0.29) is 30.2 Å². The van der Waals surface area contributed by atoms with E-state index in [0.717, 1.165) is 12.0 Å². The van der Waals surface area contributed by atoms with Crippen molar-refractivity contribution in [3.05, 3.63) is 66.0 Å². The van der Waals surface area contributed by atoms with Gasteiger partial charge in [-0.25, -0.2) is 4.39 Å². The molecule has 2 atom stereocenters. The zero-order valence-electron chi connectivity index (χ0n) is 17.2. The number of hydrogen-bond donors (Lipinski definition) is 1. The van der Waals surface area contributed by atoms with Gasteiger partial charge >= 0.3 is 0 Å². The van der Waals surface area contributed by atoms with E-state index in [1.54, 1.807) is 19.1 Å². The highest BCUT2D eigenvalue weighted by molar-refractivity contribution is 5.88. The van der Waals surface area contributed by atoms with Crippen molar-refractivity contribution in [1.29, 1.82) is 0 Å². The maximum Gasteiger partial charge on any atom is 0.261 e. The number of carbonyl (C=O) groups is 2. The molecule has 0 fully saturated rings. The largest absolute Gasteiger partial charge is 0.481 e. The maximum absolute atomic E-state index is 13.8. The normalized spacial score (nSPS) is 12.7. The fourth-order valence-corrected chi connectivity index (χ4v) is 2.82. The minimum atomic E-state index is -0.663. The third kappa shape index (κ3) is 6.89. The van der Waals surface area contributed by atoms with Crippen LogP contribution in [0.1, 0.15) is 32.8 Å². The van der Waals surface area contributed by atoms with Gasteiger partial charge < -0.3 is 15.0 Å². The van der Waals surface area contributed by atoms with Gasteiger partial charge in [-0.3, -0.25) is 9.59 Å². The third-order valence-corrected chi connectivity index (χ3v) is 4.84. The average Bonchev–Trinajstić information content (AvgIpc) is 2.73. The maximum atomic E-state index is 13.8. The fraction of sp³-hybridized carbons (Fsp3) is 0.391. The zero-order chi connectivity index (χ0) is 21.2. The van der Waals surface area contributed by atoms with Crippen LogP contribution in [0.3, 0.4) is 0 Å². The number of nitrogens with one attached hydrogen (secondary N) is 1. The molecule has 0 aromatic heterocycles. The Morgan fingerprint density at radius 1 is 1.07 bits per heavy atom. The SMILES string of the molecule is CC[C@@H](C)NC(=O)[C@H](C)N(CCc1ccccc1)C(=O)COc1ccccc1F. The molecule has 2 aromatic carbocycles. The number of amides is 2. The van der Waals surface area contributed by atoms with Crippen molar-refractivity contribution in [2.45, 2.75) is 45.7 Å². The number of hydrogen-bond acceptors (Lipinski definition) is 3. The molecule has 0 aliphatic rings. The first-order valence-electron chi connectivity index (χ1n) is 9.93. The summed E-state index contributed by atoms with van der Waals surface area (Å²) in [7, 11) is 0. The Hall–Kier alpha value is -2.89. The van der Waals surface area contributed by atoms with Gasteiger partial charge in [-0.05, 0) is 44.4 Å². The number of halogens is 1. The lowest BCUT2D eigenvalue weighted by Crippen LogP contribution is -2.51. The fourth-order valence-electron chi connectivity index (χ4n) is 2.82. The predicted octanol–water partition coefficient (Wildman–Crippen LogP) is 3.58. The minimum absolute atomic E-state index is 0.0144. The summed E-state index contributed by atoms with van der Waals surface area (Å²) >= 11 is 0. The highest BCUT2D eigenvalue weighted by atomic mass is 19.1. The van der Waals surface area contributed by atoms with Gasteiger partial charge in [0.25, 0.3) is 5.91 Å². The van der Waals surface area contributed by atoms with Crippen LogP contribution in [-0.2, 0) is 16.0 Å². The van der Waals surface area contributed by atoms with Crippen LogP contribution in [0.5, 0.6) is 5.75 Å². The standard InChI is InChI=1S/C23H29FN2O3/c1-4-17(2)25-23(28)18(3)26(15-14-19-10-6-5-7-11-19)22(27)16-29-21-13-9-8-12-20(21)24/h5-13,17-18H,4,14-16H2,1-3H3,(H,25,28)/t17-,18+/m1/s1. The number of ether oxygens (including phenoxy) is 1. The van der Waals surface area contributed by atoms with Crippen LogP contribution in [0.2, 0.25) is 0 Å². The summed E-state index contributed by atoms with van der Waals surface area (Å²) in [5.41, 5.74) is 1.06. The summed E-state index contributed by atoms with van der Waals surface area (Å²) in [6, 6.07) is 15.0. The molecular formula is C23H29FN2O3. The molecule has 29 heavy (non-hydrogen) atoms. The van der Waals surface area contributed by atoms with Crippen molar-refractivity contribution in [3.8, 4) is 5.75 Å². The topological polar surface area (TPSA) is 58.6 Å². The Balaban J connectivity index is 2.08. The molecule has 0 aliphatic carbocycles. The van der Waals surface area contributed by atoms with Crippen molar-refractivity contribution >= 4 is 11.8 Å². The van der Waals surface area contributed by atoms with Crippen LogP contribution >= 0.6 is 0 Å². The van der Waals surface area contributed by atoms with Crippen molar-refractivity contribution in [1.82, 2.24) is 10.2 Å². The molecule has 0 radical (unpaired) electrons. The number of para-hydroxylation sites is 1. The van der Waals surface area contributed by atoms with E-state index in [1.807, 2.05) is 44.2 Å². The van der Waals surface area contributed by atoms with Gasteiger partial charge in [0.2, 0.25) is 5.91 Å². The molecule has 2 rings (SSSR count). The molecule has 2 amide bonds. The number of benzene rings is 2. The molecule has 0 saturated carbocycles. The highest BCUT2D eigenvalue weighted by Crippen LogP contribution is 2.16. The van der Waals surface area contributed by atoms with Crippen LogP contribution in [0, 0.1) is 5.82 Å². The summed E-state index contributed by atoms with van der Waals surface area (Å²) in [5, 5.41) is 2.91. The second-order valence-corrected chi connectivity index (χ2v) is 7.04. The summed E-state index contributed by atoms with van der Waals surface area (Å²) in [5.74, 6) is -1.10. The number of carbonyl (C=O) groups excluding carboxylic acids is 2. The van der Waals surface area contributed by atoms with Crippen LogP contribution < -0.4 is 10.1 Å². The summed E-state index contributed by atoms with van der Waals surface area (Å²) in [4.78, 5) is 26.9. The smallest absolute Gasteiger partial charge is 0.261 e. The van der Waals surface area contributed by atoms with Crippen molar-refractivity contribution < 1.29 is 18.7 Å². The molecule has 2 aromatic rings. The predicted molar refractivity (Wildman–Crippen MR) is 111 cm³/mol. The summed E-state index contributed by atoms with van der Waals surface area (Å²) in [6.07, 6.45) is 1.40. The Kier molecular flexibility index (Phi) is 8.65.